The van der Waals surface area contributed by atoms with Gasteiger partial charge in [-0.2, -0.15) is 13.2 Å². The molecule has 1 heterocycles. The predicted molar refractivity (Wildman–Crippen MR) is 101 cm³/mol. The number of phenolic OH excluding ortho intramolecular Hbond substituents is 1. The molecule has 1 saturated heterocycles. The Morgan fingerprint density at radius 1 is 1.13 bits per heavy atom. The minimum absolute atomic E-state index is 0.111. The second kappa shape index (κ2) is 8.77. The van der Waals surface area contributed by atoms with E-state index in [9.17, 15) is 31.9 Å². The molecule has 1 saturated carbocycles. The van der Waals surface area contributed by atoms with Crippen LogP contribution >= 0.6 is 0 Å². The SMILES string of the molecule is O=C(C1CCC(F)(F)CC1)N1CCCN(C=Nc2cc(C(F)(F)F)ccc2O)CC1. The lowest BCUT2D eigenvalue weighted by Gasteiger charge is -2.31. The van der Waals surface area contributed by atoms with Crippen molar-refractivity contribution in [3.05, 3.63) is 23.8 Å². The summed E-state index contributed by atoms with van der Waals surface area (Å²) in [6.45, 7) is 1.82. The molecule has 1 amide bonds. The molecule has 166 valence electrons. The number of aromatic hydroxyl groups is 1. The molecule has 2 aliphatic rings. The maximum atomic E-state index is 13.3. The Hall–Kier alpha value is -2.39. The standard InChI is InChI=1S/C20H24F5N3O2/c21-19(22)6-4-14(5-7-19)18(30)28-9-1-8-27(10-11-28)13-26-16-12-15(20(23,24)25)2-3-17(16)29/h2-3,12-14,29H,1,4-11H2. The van der Waals surface area contributed by atoms with Crippen LogP contribution in [-0.2, 0) is 11.0 Å². The van der Waals surface area contributed by atoms with E-state index in [2.05, 4.69) is 4.99 Å². The Morgan fingerprint density at radius 3 is 2.50 bits per heavy atom. The van der Waals surface area contributed by atoms with Crippen LogP contribution in [0.4, 0.5) is 27.6 Å². The van der Waals surface area contributed by atoms with Gasteiger partial charge in [0.2, 0.25) is 11.8 Å². The van der Waals surface area contributed by atoms with Crippen molar-refractivity contribution in [2.75, 3.05) is 26.2 Å². The highest BCUT2D eigenvalue weighted by Gasteiger charge is 2.38. The van der Waals surface area contributed by atoms with Crippen LogP contribution in [0.1, 0.15) is 37.7 Å². The zero-order valence-corrected chi connectivity index (χ0v) is 16.3. The van der Waals surface area contributed by atoms with Crippen LogP contribution in [0.25, 0.3) is 0 Å². The quantitative estimate of drug-likeness (QED) is 0.436. The minimum Gasteiger partial charge on any atom is -0.506 e. The van der Waals surface area contributed by atoms with Crippen LogP contribution in [0.15, 0.2) is 23.2 Å². The Balaban J connectivity index is 1.59. The molecule has 5 nitrogen and oxygen atoms in total. The summed E-state index contributed by atoms with van der Waals surface area (Å²) >= 11 is 0. The summed E-state index contributed by atoms with van der Waals surface area (Å²) in [5.41, 5.74) is -1.09. The van der Waals surface area contributed by atoms with Gasteiger partial charge in [0.15, 0.2) is 0 Å². The molecule has 1 N–H and O–H groups in total. The van der Waals surface area contributed by atoms with Gasteiger partial charge in [-0.15, -0.1) is 0 Å². The number of hydrogen-bond acceptors (Lipinski definition) is 3. The van der Waals surface area contributed by atoms with Gasteiger partial charge >= 0.3 is 6.18 Å². The van der Waals surface area contributed by atoms with Crippen LogP contribution in [0.2, 0.25) is 0 Å². The third-order valence-electron chi connectivity index (χ3n) is 5.57. The van der Waals surface area contributed by atoms with Crippen molar-refractivity contribution in [1.82, 2.24) is 9.80 Å². The van der Waals surface area contributed by atoms with E-state index in [1.165, 1.54) is 6.34 Å². The number of hydrogen-bond donors (Lipinski definition) is 1. The van der Waals surface area contributed by atoms with Crippen LogP contribution in [0, 0.1) is 5.92 Å². The van der Waals surface area contributed by atoms with Crippen molar-refractivity contribution in [2.24, 2.45) is 10.9 Å². The normalized spacial score (nSPS) is 21.1. The van der Waals surface area contributed by atoms with E-state index in [0.29, 0.717) is 32.6 Å². The number of halogens is 5. The molecule has 0 aromatic heterocycles. The zero-order chi connectivity index (χ0) is 21.9. The molecule has 10 heteroatoms. The van der Waals surface area contributed by atoms with Gasteiger partial charge < -0.3 is 14.9 Å². The second-order valence-electron chi connectivity index (χ2n) is 7.79. The van der Waals surface area contributed by atoms with Gasteiger partial charge in [-0.3, -0.25) is 4.79 Å². The van der Waals surface area contributed by atoms with E-state index in [1.807, 2.05) is 0 Å². The highest BCUT2D eigenvalue weighted by Crippen LogP contribution is 2.37. The van der Waals surface area contributed by atoms with Gasteiger partial charge in [0.1, 0.15) is 11.4 Å². The van der Waals surface area contributed by atoms with Crippen molar-refractivity contribution in [1.29, 1.82) is 0 Å². The van der Waals surface area contributed by atoms with E-state index in [-0.39, 0.29) is 48.9 Å². The molecule has 2 fully saturated rings. The maximum absolute atomic E-state index is 13.3. The summed E-state index contributed by atoms with van der Waals surface area (Å²) in [7, 11) is 0. The average molecular weight is 433 g/mol. The fourth-order valence-corrected chi connectivity index (χ4v) is 3.77. The molecule has 1 aliphatic carbocycles. The van der Waals surface area contributed by atoms with Gasteiger partial charge in [-0.1, -0.05) is 0 Å². The predicted octanol–water partition coefficient (Wildman–Crippen LogP) is 4.43. The molecule has 1 aromatic carbocycles. The number of rotatable bonds is 3. The highest BCUT2D eigenvalue weighted by molar-refractivity contribution is 5.79. The summed E-state index contributed by atoms with van der Waals surface area (Å²) in [6, 6.07) is 2.51. The molecular formula is C20H24F5N3O2. The first-order valence-electron chi connectivity index (χ1n) is 9.90. The Kier molecular flexibility index (Phi) is 6.52. The fraction of sp³-hybridized carbons (Fsp3) is 0.600. The number of aliphatic imine (C=N–C) groups is 1. The van der Waals surface area contributed by atoms with Crippen LogP contribution in [-0.4, -0.2) is 59.3 Å². The van der Waals surface area contributed by atoms with Gasteiger partial charge in [0, 0.05) is 44.9 Å². The largest absolute Gasteiger partial charge is 0.506 e. The maximum Gasteiger partial charge on any atom is 0.416 e. The lowest BCUT2D eigenvalue weighted by molar-refractivity contribution is -0.139. The van der Waals surface area contributed by atoms with Gasteiger partial charge in [0.05, 0.1) is 11.9 Å². The smallest absolute Gasteiger partial charge is 0.416 e. The third-order valence-corrected chi connectivity index (χ3v) is 5.57. The number of amides is 1. The first kappa shape index (κ1) is 22.3. The van der Waals surface area contributed by atoms with Crippen LogP contribution in [0.5, 0.6) is 5.75 Å². The fourth-order valence-electron chi connectivity index (χ4n) is 3.77. The van der Waals surface area contributed by atoms with E-state index in [4.69, 9.17) is 0 Å². The van der Waals surface area contributed by atoms with E-state index >= 15 is 0 Å². The number of alkyl halides is 5. The number of phenols is 1. The highest BCUT2D eigenvalue weighted by atomic mass is 19.4. The van der Waals surface area contributed by atoms with Crippen molar-refractivity contribution >= 4 is 17.9 Å². The molecule has 0 spiro atoms. The van der Waals surface area contributed by atoms with Crippen molar-refractivity contribution in [3.63, 3.8) is 0 Å². The van der Waals surface area contributed by atoms with E-state index in [1.54, 1.807) is 9.80 Å². The third kappa shape index (κ3) is 5.60. The van der Waals surface area contributed by atoms with Gasteiger partial charge in [-0.25, -0.2) is 13.8 Å². The Labute approximate surface area is 171 Å². The average Bonchev–Trinajstić information content (AvgIpc) is 2.91. The van der Waals surface area contributed by atoms with Crippen molar-refractivity contribution in [3.8, 4) is 5.75 Å². The van der Waals surface area contributed by atoms with Crippen molar-refractivity contribution in [2.45, 2.75) is 44.2 Å². The Morgan fingerprint density at radius 2 is 1.83 bits per heavy atom. The van der Waals surface area contributed by atoms with E-state index in [0.717, 1.165) is 18.2 Å². The van der Waals surface area contributed by atoms with Crippen LogP contribution in [0.3, 0.4) is 0 Å². The minimum atomic E-state index is -4.54. The lowest BCUT2D eigenvalue weighted by Crippen LogP contribution is -2.41. The first-order valence-corrected chi connectivity index (χ1v) is 9.90. The summed E-state index contributed by atoms with van der Waals surface area (Å²) in [5.74, 6) is -3.54. The molecule has 0 atom stereocenters. The second-order valence-corrected chi connectivity index (χ2v) is 7.79. The topological polar surface area (TPSA) is 56.1 Å². The number of nitrogens with zero attached hydrogens (tertiary/aromatic N) is 3. The Bertz CT molecular complexity index is 787. The molecule has 1 aliphatic heterocycles. The lowest BCUT2D eigenvalue weighted by atomic mass is 9.86. The summed E-state index contributed by atoms with van der Waals surface area (Å²) < 4.78 is 65.2. The summed E-state index contributed by atoms with van der Waals surface area (Å²) in [5, 5.41) is 9.78. The monoisotopic (exact) mass is 433 g/mol. The molecule has 3 rings (SSSR count). The molecule has 1 aromatic rings. The molecule has 0 radical (unpaired) electrons. The molecule has 0 bridgehead atoms. The van der Waals surface area contributed by atoms with Gasteiger partial charge in [-0.05, 0) is 37.5 Å². The van der Waals surface area contributed by atoms with Crippen molar-refractivity contribution < 1.29 is 31.9 Å². The number of carbonyl (C=O) groups excluding carboxylic acids is 1. The molecule has 0 unspecified atom stereocenters. The first-order chi connectivity index (χ1) is 14.0. The van der Waals surface area contributed by atoms with Crippen LogP contribution < -0.4 is 0 Å². The summed E-state index contributed by atoms with van der Waals surface area (Å²) in [6.07, 6.45) is -2.72. The summed E-state index contributed by atoms with van der Waals surface area (Å²) in [4.78, 5) is 20.1. The number of benzene rings is 1. The number of carbonyl (C=O) groups is 1. The molecular weight excluding hydrogens is 409 g/mol. The van der Waals surface area contributed by atoms with Gasteiger partial charge in [0.25, 0.3) is 0 Å². The zero-order valence-electron chi connectivity index (χ0n) is 16.3. The van der Waals surface area contributed by atoms with E-state index < -0.39 is 17.7 Å². The molecule has 30 heavy (non-hydrogen) atoms.